The molecule has 3 unspecified atom stereocenters. The Labute approximate surface area is 107 Å². The Morgan fingerprint density at radius 1 is 1.24 bits per heavy atom. The SMILES string of the molecule is CC(NC1CCCC1(C)C)C1CCCN(C)C1. The summed E-state index contributed by atoms with van der Waals surface area (Å²) in [5.74, 6) is 0.852. The van der Waals surface area contributed by atoms with Crippen molar-refractivity contribution in [2.75, 3.05) is 20.1 Å². The molecule has 17 heavy (non-hydrogen) atoms. The number of piperidine rings is 1. The van der Waals surface area contributed by atoms with Gasteiger partial charge in [-0.1, -0.05) is 20.3 Å². The van der Waals surface area contributed by atoms with E-state index in [1.54, 1.807) is 0 Å². The van der Waals surface area contributed by atoms with E-state index in [2.05, 4.69) is 38.0 Å². The van der Waals surface area contributed by atoms with Crippen LogP contribution in [-0.2, 0) is 0 Å². The van der Waals surface area contributed by atoms with Crippen molar-refractivity contribution in [1.82, 2.24) is 10.2 Å². The van der Waals surface area contributed by atoms with Gasteiger partial charge >= 0.3 is 0 Å². The molecule has 3 atom stereocenters. The summed E-state index contributed by atoms with van der Waals surface area (Å²) < 4.78 is 0. The van der Waals surface area contributed by atoms with E-state index in [0.717, 1.165) is 12.0 Å². The molecule has 2 heteroatoms. The quantitative estimate of drug-likeness (QED) is 0.813. The summed E-state index contributed by atoms with van der Waals surface area (Å²) in [6.07, 6.45) is 6.96. The van der Waals surface area contributed by atoms with Gasteiger partial charge < -0.3 is 10.2 Å². The first-order valence-electron chi connectivity index (χ1n) is 7.43. The summed E-state index contributed by atoms with van der Waals surface area (Å²) in [5, 5.41) is 3.93. The summed E-state index contributed by atoms with van der Waals surface area (Å²) >= 11 is 0. The lowest BCUT2D eigenvalue weighted by Gasteiger charge is -2.38. The maximum atomic E-state index is 3.93. The molecule has 0 aromatic rings. The van der Waals surface area contributed by atoms with Gasteiger partial charge in [-0.2, -0.15) is 0 Å². The number of likely N-dealkylation sites (tertiary alicyclic amines) is 1. The smallest absolute Gasteiger partial charge is 0.0121 e. The maximum absolute atomic E-state index is 3.93. The van der Waals surface area contributed by atoms with Crippen LogP contribution in [0.4, 0.5) is 0 Å². The highest BCUT2D eigenvalue weighted by Crippen LogP contribution is 2.37. The first-order valence-corrected chi connectivity index (χ1v) is 7.43. The number of hydrogen-bond acceptors (Lipinski definition) is 2. The molecule has 1 N–H and O–H groups in total. The minimum absolute atomic E-state index is 0.509. The molecule has 2 nitrogen and oxygen atoms in total. The Balaban J connectivity index is 1.86. The fraction of sp³-hybridized carbons (Fsp3) is 1.00. The van der Waals surface area contributed by atoms with Gasteiger partial charge in [0.2, 0.25) is 0 Å². The number of rotatable bonds is 3. The molecule has 1 aliphatic carbocycles. The van der Waals surface area contributed by atoms with E-state index in [0.29, 0.717) is 11.5 Å². The van der Waals surface area contributed by atoms with Crippen molar-refractivity contribution in [2.24, 2.45) is 11.3 Å². The van der Waals surface area contributed by atoms with Crippen LogP contribution in [-0.4, -0.2) is 37.1 Å². The van der Waals surface area contributed by atoms with Crippen LogP contribution in [0.15, 0.2) is 0 Å². The van der Waals surface area contributed by atoms with Crippen molar-refractivity contribution in [3.63, 3.8) is 0 Å². The van der Waals surface area contributed by atoms with Crippen molar-refractivity contribution >= 4 is 0 Å². The van der Waals surface area contributed by atoms with Crippen molar-refractivity contribution in [2.45, 2.75) is 65.0 Å². The number of nitrogens with one attached hydrogen (secondary N) is 1. The average molecular weight is 238 g/mol. The van der Waals surface area contributed by atoms with Crippen LogP contribution >= 0.6 is 0 Å². The lowest BCUT2D eigenvalue weighted by molar-refractivity contribution is 0.158. The molecular formula is C15H30N2. The van der Waals surface area contributed by atoms with E-state index in [9.17, 15) is 0 Å². The molecule has 0 aromatic heterocycles. The van der Waals surface area contributed by atoms with Crippen LogP contribution in [0, 0.1) is 11.3 Å². The van der Waals surface area contributed by atoms with E-state index in [1.165, 1.54) is 45.2 Å². The molecule has 100 valence electrons. The molecule has 0 spiro atoms. The molecule has 1 heterocycles. The molecule has 1 saturated heterocycles. The van der Waals surface area contributed by atoms with Gasteiger partial charge in [0, 0.05) is 18.6 Å². The van der Waals surface area contributed by atoms with E-state index in [4.69, 9.17) is 0 Å². The van der Waals surface area contributed by atoms with Gasteiger partial charge in [-0.05, 0) is 57.5 Å². The standard InChI is InChI=1S/C15H30N2/c1-12(13-7-6-10-17(4)11-13)16-14-8-5-9-15(14,2)3/h12-14,16H,5-11H2,1-4H3. The highest BCUT2D eigenvalue weighted by Gasteiger charge is 2.36. The minimum atomic E-state index is 0.509. The lowest BCUT2D eigenvalue weighted by atomic mass is 9.85. The Kier molecular flexibility index (Phi) is 4.14. The van der Waals surface area contributed by atoms with Gasteiger partial charge in [0.1, 0.15) is 0 Å². The second-order valence-electron chi connectivity index (χ2n) is 7.05. The Bertz CT molecular complexity index is 249. The summed E-state index contributed by atoms with van der Waals surface area (Å²) in [6, 6.07) is 1.42. The second-order valence-corrected chi connectivity index (χ2v) is 7.05. The molecular weight excluding hydrogens is 208 g/mol. The predicted molar refractivity (Wildman–Crippen MR) is 74.2 cm³/mol. The van der Waals surface area contributed by atoms with Gasteiger partial charge in [-0.25, -0.2) is 0 Å². The molecule has 2 aliphatic rings. The molecule has 2 rings (SSSR count). The zero-order valence-electron chi connectivity index (χ0n) is 12.1. The van der Waals surface area contributed by atoms with E-state index >= 15 is 0 Å². The van der Waals surface area contributed by atoms with Gasteiger partial charge in [0.25, 0.3) is 0 Å². The summed E-state index contributed by atoms with van der Waals surface area (Å²) in [7, 11) is 2.26. The normalized spacial score (nSPS) is 36.0. The van der Waals surface area contributed by atoms with Gasteiger partial charge in [-0.15, -0.1) is 0 Å². The summed E-state index contributed by atoms with van der Waals surface area (Å²) in [4.78, 5) is 2.49. The zero-order valence-corrected chi connectivity index (χ0v) is 12.1. The highest BCUT2D eigenvalue weighted by atomic mass is 15.1. The lowest BCUT2D eigenvalue weighted by Crippen LogP contribution is -2.49. The van der Waals surface area contributed by atoms with E-state index < -0.39 is 0 Å². The molecule has 2 fully saturated rings. The Morgan fingerprint density at radius 3 is 2.59 bits per heavy atom. The van der Waals surface area contributed by atoms with Crippen LogP contribution in [0.3, 0.4) is 0 Å². The van der Waals surface area contributed by atoms with Crippen molar-refractivity contribution in [1.29, 1.82) is 0 Å². The first kappa shape index (κ1) is 13.4. The molecule has 0 amide bonds. The third-order valence-electron chi connectivity index (χ3n) is 5.09. The van der Waals surface area contributed by atoms with E-state index in [-0.39, 0.29) is 0 Å². The van der Waals surface area contributed by atoms with Crippen molar-refractivity contribution in [3.8, 4) is 0 Å². The summed E-state index contributed by atoms with van der Waals surface area (Å²) in [6.45, 7) is 9.83. The third kappa shape index (κ3) is 3.23. The zero-order chi connectivity index (χ0) is 12.5. The molecule has 1 saturated carbocycles. The predicted octanol–water partition coefficient (Wildman–Crippen LogP) is 2.89. The van der Waals surface area contributed by atoms with Crippen molar-refractivity contribution in [3.05, 3.63) is 0 Å². The monoisotopic (exact) mass is 238 g/mol. The van der Waals surface area contributed by atoms with Crippen LogP contribution < -0.4 is 5.32 Å². The fourth-order valence-electron chi connectivity index (χ4n) is 3.70. The molecule has 0 aromatic carbocycles. The number of hydrogen-bond donors (Lipinski definition) is 1. The van der Waals surface area contributed by atoms with Crippen LogP contribution in [0.2, 0.25) is 0 Å². The third-order valence-corrected chi connectivity index (χ3v) is 5.09. The highest BCUT2D eigenvalue weighted by molar-refractivity contribution is 4.93. The van der Waals surface area contributed by atoms with E-state index in [1.807, 2.05) is 0 Å². The molecule has 0 bridgehead atoms. The van der Waals surface area contributed by atoms with Crippen molar-refractivity contribution < 1.29 is 0 Å². The molecule has 0 radical (unpaired) electrons. The van der Waals surface area contributed by atoms with Crippen LogP contribution in [0.5, 0.6) is 0 Å². The van der Waals surface area contributed by atoms with Gasteiger partial charge in [0.05, 0.1) is 0 Å². The fourth-order valence-corrected chi connectivity index (χ4v) is 3.70. The van der Waals surface area contributed by atoms with Gasteiger partial charge in [-0.3, -0.25) is 0 Å². The Hall–Kier alpha value is -0.0800. The van der Waals surface area contributed by atoms with Gasteiger partial charge in [0.15, 0.2) is 0 Å². The molecule has 1 aliphatic heterocycles. The average Bonchev–Trinajstić information content (AvgIpc) is 2.58. The first-order chi connectivity index (χ1) is 7.99. The second kappa shape index (κ2) is 5.27. The maximum Gasteiger partial charge on any atom is 0.0121 e. The minimum Gasteiger partial charge on any atom is -0.311 e. The Morgan fingerprint density at radius 2 is 2.00 bits per heavy atom. The largest absolute Gasteiger partial charge is 0.311 e. The van der Waals surface area contributed by atoms with Crippen LogP contribution in [0.25, 0.3) is 0 Å². The van der Waals surface area contributed by atoms with Crippen LogP contribution in [0.1, 0.15) is 52.9 Å². The summed E-state index contributed by atoms with van der Waals surface area (Å²) in [5.41, 5.74) is 0.509. The number of nitrogens with zero attached hydrogens (tertiary/aromatic N) is 1. The topological polar surface area (TPSA) is 15.3 Å².